The van der Waals surface area contributed by atoms with Crippen molar-refractivity contribution in [1.82, 2.24) is 9.61 Å². The molecule has 2 heterocycles. The standard InChI is InChI=1S/C9H11N3O2/c10-8-7-3-1-2-4-12(7)11-9(8)14-6-5-13/h1-4,13H,5-6,10H2. The van der Waals surface area contributed by atoms with Crippen LogP contribution in [0.25, 0.3) is 5.52 Å². The molecule has 5 nitrogen and oxygen atoms in total. The van der Waals surface area contributed by atoms with Crippen LogP contribution >= 0.6 is 0 Å². The van der Waals surface area contributed by atoms with Crippen molar-refractivity contribution in [2.75, 3.05) is 18.9 Å². The van der Waals surface area contributed by atoms with Gasteiger partial charge in [0.25, 0.3) is 5.88 Å². The van der Waals surface area contributed by atoms with Gasteiger partial charge in [0.1, 0.15) is 12.3 Å². The number of nitrogen functional groups attached to an aromatic ring is 1. The summed E-state index contributed by atoms with van der Waals surface area (Å²) in [6.07, 6.45) is 1.79. The van der Waals surface area contributed by atoms with Crippen LogP contribution in [0.3, 0.4) is 0 Å². The highest BCUT2D eigenvalue weighted by Gasteiger charge is 2.09. The Morgan fingerprint density at radius 3 is 3.07 bits per heavy atom. The van der Waals surface area contributed by atoms with E-state index in [9.17, 15) is 0 Å². The van der Waals surface area contributed by atoms with Gasteiger partial charge in [-0.05, 0) is 12.1 Å². The summed E-state index contributed by atoms with van der Waals surface area (Å²) in [6, 6.07) is 5.59. The molecule has 3 N–H and O–H groups in total. The summed E-state index contributed by atoms with van der Waals surface area (Å²) in [5.41, 5.74) is 7.09. The van der Waals surface area contributed by atoms with E-state index in [0.717, 1.165) is 5.52 Å². The Balaban J connectivity index is 2.41. The molecule has 0 fully saturated rings. The van der Waals surface area contributed by atoms with Crippen LogP contribution in [-0.4, -0.2) is 27.9 Å². The van der Waals surface area contributed by atoms with E-state index in [1.54, 1.807) is 10.7 Å². The van der Waals surface area contributed by atoms with Crippen molar-refractivity contribution in [2.24, 2.45) is 0 Å². The Morgan fingerprint density at radius 2 is 2.36 bits per heavy atom. The van der Waals surface area contributed by atoms with Crippen molar-refractivity contribution in [3.8, 4) is 5.88 Å². The Morgan fingerprint density at radius 1 is 1.50 bits per heavy atom. The van der Waals surface area contributed by atoms with Crippen LogP contribution in [0.1, 0.15) is 0 Å². The summed E-state index contributed by atoms with van der Waals surface area (Å²) in [6.45, 7) is 0.154. The predicted octanol–water partition coefficient (Wildman–Crippen LogP) is 0.288. The van der Waals surface area contributed by atoms with Gasteiger partial charge < -0.3 is 15.6 Å². The highest BCUT2D eigenvalue weighted by molar-refractivity contribution is 5.74. The van der Waals surface area contributed by atoms with Gasteiger partial charge >= 0.3 is 0 Å². The number of aromatic nitrogens is 2. The second-order valence-electron chi connectivity index (χ2n) is 2.82. The zero-order chi connectivity index (χ0) is 9.97. The zero-order valence-corrected chi connectivity index (χ0v) is 7.55. The highest BCUT2D eigenvalue weighted by Crippen LogP contribution is 2.24. The van der Waals surface area contributed by atoms with Crippen LogP contribution < -0.4 is 10.5 Å². The summed E-state index contributed by atoms with van der Waals surface area (Å²) >= 11 is 0. The number of anilines is 1. The molecule has 0 aromatic carbocycles. The fraction of sp³-hybridized carbons (Fsp3) is 0.222. The predicted molar refractivity (Wildman–Crippen MR) is 52.2 cm³/mol. The minimum atomic E-state index is -0.0483. The van der Waals surface area contributed by atoms with Crippen molar-refractivity contribution in [2.45, 2.75) is 0 Å². The molecule has 2 rings (SSSR count). The monoisotopic (exact) mass is 193 g/mol. The molecule has 2 aromatic rings. The molecule has 0 aliphatic heterocycles. The molecule has 74 valence electrons. The van der Waals surface area contributed by atoms with Gasteiger partial charge in [-0.2, -0.15) is 0 Å². The van der Waals surface area contributed by atoms with E-state index in [4.69, 9.17) is 15.6 Å². The van der Waals surface area contributed by atoms with Crippen molar-refractivity contribution < 1.29 is 9.84 Å². The Hall–Kier alpha value is -1.75. The van der Waals surface area contributed by atoms with Gasteiger partial charge in [0, 0.05) is 6.20 Å². The zero-order valence-electron chi connectivity index (χ0n) is 7.55. The summed E-state index contributed by atoms with van der Waals surface area (Å²) < 4.78 is 6.80. The maximum Gasteiger partial charge on any atom is 0.257 e. The third-order valence-corrected chi connectivity index (χ3v) is 1.87. The van der Waals surface area contributed by atoms with E-state index in [1.165, 1.54) is 0 Å². The molecular formula is C9H11N3O2. The first-order chi connectivity index (χ1) is 6.83. The van der Waals surface area contributed by atoms with E-state index in [2.05, 4.69) is 5.10 Å². The molecule has 0 atom stereocenters. The Bertz CT molecular complexity index is 439. The lowest BCUT2D eigenvalue weighted by atomic mass is 10.4. The fourth-order valence-electron chi connectivity index (χ4n) is 1.25. The summed E-state index contributed by atoms with van der Waals surface area (Å²) in [4.78, 5) is 0. The first-order valence-electron chi connectivity index (χ1n) is 4.29. The van der Waals surface area contributed by atoms with Crippen LogP contribution in [0.4, 0.5) is 5.69 Å². The molecule has 0 spiro atoms. The molecule has 0 unspecified atom stereocenters. The molecule has 0 radical (unpaired) electrons. The molecule has 0 saturated heterocycles. The number of nitrogens with two attached hydrogens (primary N) is 1. The molecule has 0 aliphatic carbocycles. The number of aliphatic hydroxyl groups is 1. The topological polar surface area (TPSA) is 72.8 Å². The van der Waals surface area contributed by atoms with Crippen molar-refractivity contribution in [1.29, 1.82) is 0 Å². The van der Waals surface area contributed by atoms with Crippen LogP contribution in [0.5, 0.6) is 5.88 Å². The van der Waals surface area contributed by atoms with Crippen LogP contribution in [0.15, 0.2) is 24.4 Å². The first kappa shape index (κ1) is 8.83. The number of pyridine rings is 1. The van der Waals surface area contributed by atoms with E-state index in [0.29, 0.717) is 11.6 Å². The number of hydrogen-bond acceptors (Lipinski definition) is 4. The number of nitrogens with zero attached hydrogens (tertiary/aromatic N) is 2. The number of ether oxygens (including phenoxy) is 1. The average molecular weight is 193 g/mol. The van der Waals surface area contributed by atoms with Gasteiger partial charge in [-0.25, -0.2) is 4.52 Å². The van der Waals surface area contributed by atoms with E-state index < -0.39 is 0 Å². The van der Waals surface area contributed by atoms with Gasteiger partial charge in [-0.1, -0.05) is 6.07 Å². The minimum Gasteiger partial charge on any atom is -0.473 e. The van der Waals surface area contributed by atoms with Crippen molar-refractivity contribution in [3.63, 3.8) is 0 Å². The number of fused-ring (bicyclic) bond motifs is 1. The molecule has 0 saturated carbocycles. The second kappa shape index (κ2) is 3.55. The first-order valence-corrected chi connectivity index (χ1v) is 4.29. The van der Waals surface area contributed by atoms with Crippen molar-refractivity contribution in [3.05, 3.63) is 24.4 Å². The Kier molecular flexibility index (Phi) is 2.24. The number of hydrogen-bond donors (Lipinski definition) is 2. The smallest absolute Gasteiger partial charge is 0.257 e. The average Bonchev–Trinajstić information content (AvgIpc) is 2.54. The van der Waals surface area contributed by atoms with Gasteiger partial charge in [0.2, 0.25) is 0 Å². The second-order valence-corrected chi connectivity index (χ2v) is 2.82. The van der Waals surface area contributed by atoms with Crippen LogP contribution in [0, 0.1) is 0 Å². The number of rotatable bonds is 3. The third kappa shape index (κ3) is 1.38. The lowest BCUT2D eigenvalue weighted by Crippen LogP contribution is -2.03. The van der Waals surface area contributed by atoms with Gasteiger partial charge in [0.05, 0.1) is 12.1 Å². The van der Waals surface area contributed by atoms with Crippen molar-refractivity contribution >= 4 is 11.2 Å². The maximum atomic E-state index is 8.59. The molecule has 5 heteroatoms. The fourth-order valence-corrected chi connectivity index (χ4v) is 1.25. The number of aliphatic hydroxyl groups excluding tert-OH is 1. The summed E-state index contributed by atoms with van der Waals surface area (Å²) in [5, 5.41) is 12.7. The maximum absolute atomic E-state index is 8.59. The summed E-state index contributed by atoms with van der Waals surface area (Å²) in [7, 11) is 0. The quantitative estimate of drug-likeness (QED) is 0.734. The van der Waals surface area contributed by atoms with E-state index in [-0.39, 0.29) is 13.2 Å². The Labute approximate surface area is 80.7 Å². The molecular weight excluding hydrogens is 182 g/mol. The minimum absolute atomic E-state index is 0.0483. The third-order valence-electron chi connectivity index (χ3n) is 1.87. The van der Waals surface area contributed by atoms with Gasteiger partial charge in [-0.3, -0.25) is 0 Å². The van der Waals surface area contributed by atoms with Gasteiger partial charge in [-0.15, -0.1) is 5.10 Å². The van der Waals surface area contributed by atoms with Crippen LogP contribution in [0.2, 0.25) is 0 Å². The molecule has 2 aromatic heterocycles. The molecule has 0 bridgehead atoms. The molecule has 0 aliphatic rings. The van der Waals surface area contributed by atoms with Gasteiger partial charge in [0.15, 0.2) is 0 Å². The summed E-state index contributed by atoms with van der Waals surface area (Å²) in [5.74, 6) is 0.366. The molecule has 14 heavy (non-hydrogen) atoms. The van der Waals surface area contributed by atoms with E-state index >= 15 is 0 Å². The SMILES string of the molecule is Nc1c(OCCO)nn2ccccc12. The largest absolute Gasteiger partial charge is 0.473 e. The lowest BCUT2D eigenvalue weighted by Gasteiger charge is -1.98. The lowest BCUT2D eigenvalue weighted by molar-refractivity contribution is 0.197. The van der Waals surface area contributed by atoms with Crippen LogP contribution in [-0.2, 0) is 0 Å². The normalized spacial score (nSPS) is 10.6. The van der Waals surface area contributed by atoms with E-state index in [1.807, 2.05) is 18.2 Å². The molecule has 0 amide bonds. The highest BCUT2D eigenvalue weighted by atomic mass is 16.5.